The molecule has 0 radical (unpaired) electrons. The van der Waals surface area contributed by atoms with Gasteiger partial charge in [-0.1, -0.05) is 20.8 Å². The van der Waals surface area contributed by atoms with E-state index in [1.54, 1.807) is 0 Å². The van der Waals surface area contributed by atoms with Gasteiger partial charge in [0.05, 0.1) is 0 Å². The monoisotopic (exact) mass is 190 g/mol. The van der Waals surface area contributed by atoms with Crippen molar-refractivity contribution < 1.29 is 14.6 Å². The van der Waals surface area contributed by atoms with Crippen molar-refractivity contribution in [3.8, 4) is 0 Å². The second-order valence-corrected chi connectivity index (χ2v) is 2.76. The molecule has 0 heterocycles. The third-order valence-corrected chi connectivity index (χ3v) is 1.16. The minimum absolute atomic E-state index is 0.292. The van der Waals surface area contributed by atoms with Crippen molar-refractivity contribution in [3.63, 3.8) is 0 Å². The summed E-state index contributed by atoms with van der Waals surface area (Å²) in [5.41, 5.74) is 0. The van der Waals surface area contributed by atoms with Gasteiger partial charge in [-0.15, -0.1) is 0 Å². The first-order valence-electron chi connectivity index (χ1n) is 4.98. The molecule has 80 valence electrons. The van der Waals surface area contributed by atoms with Gasteiger partial charge in [0.15, 0.2) is 0 Å². The van der Waals surface area contributed by atoms with Crippen molar-refractivity contribution in [1.29, 1.82) is 0 Å². The molecule has 0 bridgehead atoms. The third kappa shape index (κ3) is 24.6. The smallest absolute Gasteiger partial charge is 0.303 e. The zero-order chi connectivity index (χ0) is 10.5. The van der Waals surface area contributed by atoms with E-state index >= 15 is 0 Å². The lowest BCUT2D eigenvalue weighted by atomic mass is 10.4. The summed E-state index contributed by atoms with van der Waals surface area (Å²) in [5, 5.41) is 7.91. The van der Waals surface area contributed by atoms with Crippen LogP contribution in [0.25, 0.3) is 0 Å². The molecule has 0 fully saturated rings. The fraction of sp³-hybridized carbons (Fsp3) is 0.900. The summed E-state index contributed by atoms with van der Waals surface area (Å²) in [4.78, 5) is 9.60. The fourth-order valence-electron chi connectivity index (χ4n) is 0.605. The SMILES string of the molecule is CCCC(=O)O.CCCOCCC. The highest BCUT2D eigenvalue weighted by atomic mass is 16.5. The molecule has 3 heteroatoms. The number of hydrogen-bond donors (Lipinski definition) is 1. The van der Waals surface area contributed by atoms with E-state index in [-0.39, 0.29) is 0 Å². The molecule has 0 rings (SSSR count). The molecular formula is C10H22O3. The molecule has 0 aromatic rings. The standard InChI is InChI=1S/C6H14O.C4H8O2/c1-3-5-7-6-4-2;1-2-3-4(5)6/h3-6H2,1-2H3;2-3H2,1H3,(H,5,6). The normalized spacial score (nSPS) is 8.85. The lowest BCUT2D eigenvalue weighted by Crippen LogP contribution is -1.92. The summed E-state index contributed by atoms with van der Waals surface area (Å²) in [7, 11) is 0. The van der Waals surface area contributed by atoms with Crippen molar-refractivity contribution in [2.75, 3.05) is 13.2 Å². The minimum Gasteiger partial charge on any atom is -0.481 e. The highest BCUT2D eigenvalue weighted by Gasteiger charge is 1.87. The molecule has 0 aromatic heterocycles. The summed E-state index contributed by atoms with van der Waals surface area (Å²) in [6.45, 7) is 7.93. The summed E-state index contributed by atoms with van der Waals surface area (Å²) in [6, 6.07) is 0. The first-order chi connectivity index (χ1) is 6.18. The molecule has 0 aliphatic rings. The van der Waals surface area contributed by atoms with E-state index in [0.717, 1.165) is 32.5 Å². The van der Waals surface area contributed by atoms with Gasteiger partial charge < -0.3 is 9.84 Å². The summed E-state index contributed by atoms with van der Waals surface area (Å²) in [5.74, 6) is -0.711. The van der Waals surface area contributed by atoms with Gasteiger partial charge >= 0.3 is 5.97 Å². The molecule has 0 spiro atoms. The molecule has 0 atom stereocenters. The van der Waals surface area contributed by atoms with Gasteiger partial charge in [-0.25, -0.2) is 0 Å². The fourth-order valence-corrected chi connectivity index (χ4v) is 0.605. The Labute approximate surface area is 81.1 Å². The molecule has 0 unspecified atom stereocenters. The van der Waals surface area contributed by atoms with Crippen molar-refractivity contribution >= 4 is 5.97 Å². The Balaban J connectivity index is 0. The van der Waals surface area contributed by atoms with E-state index in [9.17, 15) is 4.79 Å². The number of ether oxygens (including phenoxy) is 1. The number of aliphatic carboxylic acids is 1. The maximum absolute atomic E-state index is 9.60. The van der Waals surface area contributed by atoms with Crippen LogP contribution >= 0.6 is 0 Å². The van der Waals surface area contributed by atoms with Crippen LogP contribution in [0.2, 0.25) is 0 Å². The summed E-state index contributed by atoms with van der Waals surface area (Å²) < 4.78 is 5.13. The Morgan fingerprint density at radius 1 is 1.08 bits per heavy atom. The molecule has 0 aliphatic heterocycles. The van der Waals surface area contributed by atoms with Crippen LogP contribution in [0.15, 0.2) is 0 Å². The van der Waals surface area contributed by atoms with Crippen LogP contribution in [0.3, 0.4) is 0 Å². The Morgan fingerprint density at radius 3 is 1.69 bits per heavy atom. The van der Waals surface area contributed by atoms with Crippen LogP contribution < -0.4 is 0 Å². The summed E-state index contributed by atoms with van der Waals surface area (Å²) >= 11 is 0. The summed E-state index contributed by atoms with van der Waals surface area (Å²) in [6.07, 6.45) is 3.30. The second-order valence-electron chi connectivity index (χ2n) is 2.76. The topological polar surface area (TPSA) is 46.5 Å². The van der Waals surface area contributed by atoms with Gasteiger partial charge in [-0.3, -0.25) is 4.79 Å². The number of carboxylic acids is 1. The quantitative estimate of drug-likeness (QED) is 0.655. The van der Waals surface area contributed by atoms with E-state index in [1.165, 1.54) is 0 Å². The molecular weight excluding hydrogens is 168 g/mol. The number of hydrogen-bond acceptors (Lipinski definition) is 2. The lowest BCUT2D eigenvalue weighted by Gasteiger charge is -1.95. The van der Waals surface area contributed by atoms with Gasteiger partial charge in [-0.2, -0.15) is 0 Å². The molecule has 0 aromatic carbocycles. The Hall–Kier alpha value is -0.570. The largest absolute Gasteiger partial charge is 0.481 e. The van der Waals surface area contributed by atoms with Crippen molar-refractivity contribution in [2.24, 2.45) is 0 Å². The number of rotatable bonds is 6. The molecule has 13 heavy (non-hydrogen) atoms. The highest BCUT2D eigenvalue weighted by molar-refractivity contribution is 5.66. The van der Waals surface area contributed by atoms with Crippen molar-refractivity contribution in [3.05, 3.63) is 0 Å². The number of carboxylic acid groups (broad SMARTS) is 1. The van der Waals surface area contributed by atoms with Gasteiger partial charge in [0.25, 0.3) is 0 Å². The molecule has 1 N–H and O–H groups in total. The Morgan fingerprint density at radius 2 is 1.54 bits per heavy atom. The van der Waals surface area contributed by atoms with Crippen LogP contribution in [0.4, 0.5) is 0 Å². The zero-order valence-electron chi connectivity index (χ0n) is 9.01. The average molecular weight is 190 g/mol. The van der Waals surface area contributed by atoms with Gasteiger partial charge in [0, 0.05) is 19.6 Å². The zero-order valence-corrected chi connectivity index (χ0v) is 9.01. The minimum atomic E-state index is -0.711. The first-order valence-corrected chi connectivity index (χ1v) is 4.98. The predicted molar refractivity (Wildman–Crippen MR) is 53.9 cm³/mol. The Bertz CT molecular complexity index is 98.3. The van der Waals surface area contributed by atoms with Gasteiger partial charge in [0.1, 0.15) is 0 Å². The van der Waals surface area contributed by atoms with Crippen LogP contribution in [-0.4, -0.2) is 24.3 Å². The van der Waals surface area contributed by atoms with E-state index < -0.39 is 5.97 Å². The van der Waals surface area contributed by atoms with E-state index in [0.29, 0.717) is 6.42 Å². The molecule has 0 saturated carbocycles. The predicted octanol–water partition coefficient (Wildman–Crippen LogP) is 2.69. The third-order valence-electron chi connectivity index (χ3n) is 1.16. The molecule has 3 nitrogen and oxygen atoms in total. The van der Waals surface area contributed by atoms with Gasteiger partial charge in [0.2, 0.25) is 0 Å². The first kappa shape index (κ1) is 14.9. The average Bonchev–Trinajstić information content (AvgIpc) is 2.06. The molecule has 0 saturated heterocycles. The highest BCUT2D eigenvalue weighted by Crippen LogP contribution is 1.82. The lowest BCUT2D eigenvalue weighted by molar-refractivity contribution is -0.137. The maximum Gasteiger partial charge on any atom is 0.303 e. The van der Waals surface area contributed by atoms with Crippen LogP contribution in [0, 0.1) is 0 Å². The molecule has 0 amide bonds. The molecule has 0 aliphatic carbocycles. The van der Waals surface area contributed by atoms with E-state index in [1.807, 2.05) is 6.92 Å². The van der Waals surface area contributed by atoms with Crippen LogP contribution in [-0.2, 0) is 9.53 Å². The van der Waals surface area contributed by atoms with Crippen molar-refractivity contribution in [2.45, 2.75) is 46.5 Å². The van der Waals surface area contributed by atoms with Gasteiger partial charge in [-0.05, 0) is 19.3 Å². The second kappa shape index (κ2) is 14.0. The Kier molecular flexibility index (Phi) is 16.1. The van der Waals surface area contributed by atoms with E-state index in [2.05, 4.69) is 13.8 Å². The van der Waals surface area contributed by atoms with Crippen LogP contribution in [0.5, 0.6) is 0 Å². The van der Waals surface area contributed by atoms with Crippen molar-refractivity contribution in [1.82, 2.24) is 0 Å². The maximum atomic E-state index is 9.60. The van der Waals surface area contributed by atoms with E-state index in [4.69, 9.17) is 9.84 Å². The van der Waals surface area contributed by atoms with Crippen LogP contribution in [0.1, 0.15) is 46.5 Å². The number of carbonyl (C=O) groups is 1.